The Labute approximate surface area is 68.8 Å². The van der Waals surface area contributed by atoms with Crippen molar-refractivity contribution in [3.63, 3.8) is 0 Å². The van der Waals surface area contributed by atoms with Crippen molar-refractivity contribution in [2.75, 3.05) is 13.6 Å². The molecule has 1 heteroatoms. The highest BCUT2D eigenvalue weighted by atomic mass is 15.2. The van der Waals surface area contributed by atoms with Crippen molar-refractivity contribution in [3.05, 3.63) is 0 Å². The predicted molar refractivity (Wildman–Crippen MR) is 45.4 cm³/mol. The summed E-state index contributed by atoms with van der Waals surface area (Å²) in [6.07, 6.45) is 6.18. The monoisotopic (exact) mass is 151 g/mol. The van der Waals surface area contributed by atoms with Gasteiger partial charge in [-0.25, -0.2) is 0 Å². The zero-order valence-corrected chi connectivity index (χ0v) is 7.29. The molecule has 1 saturated heterocycles. The van der Waals surface area contributed by atoms with Crippen LogP contribution >= 0.6 is 0 Å². The first kappa shape index (κ1) is 6.47. The van der Waals surface area contributed by atoms with Crippen molar-refractivity contribution in [3.8, 4) is 0 Å². The van der Waals surface area contributed by atoms with Gasteiger partial charge in [0.25, 0.3) is 0 Å². The second-order valence-electron chi connectivity index (χ2n) is 4.85. The number of hydrogen-bond donors (Lipinski definition) is 0. The second kappa shape index (κ2) is 2.01. The smallest absolute Gasteiger partial charge is 0.0126 e. The predicted octanol–water partition coefficient (Wildman–Crippen LogP) is 1.74. The molecule has 1 nitrogen and oxygen atoms in total. The molecule has 4 unspecified atom stereocenters. The van der Waals surface area contributed by atoms with Crippen molar-refractivity contribution in [2.45, 2.75) is 31.7 Å². The lowest BCUT2D eigenvalue weighted by molar-refractivity contribution is 0.101. The van der Waals surface area contributed by atoms with E-state index in [1.54, 1.807) is 19.3 Å². The quantitative estimate of drug-likeness (QED) is 0.509. The van der Waals surface area contributed by atoms with Gasteiger partial charge < -0.3 is 4.90 Å². The molecule has 11 heavy (non-hydrogen) atoms. The van der Waals surface area contributed by atoms with E-state index in [9.17, 15) is 0 Å². The Balaban J connectivity index is 1.93. The molecule has 4 atom stereocenters. The molecule has 1 aliphatic heterocycles. The van der Waals surface area contributed by atoms with E-state index in [1.165, 1.54) is 13.0 Å². The number of nitrogens with zero attached hydrogens (tertiary/aromatic N) is 1. The third-order valence-electron chi connectivity index (χ3n) is 4.31. The van der Waals surface area contributed by atoms with Gasteiger partial charge in [0.05, 0.1) is 0 Å². The fourth-order valence-electron chi connectivity index (χ4n) is 3.84. The molecule has 3 saturated carbocycles. The number of rotatable bonds is 0. The molecule has 0 aromatic rings. The van der Waals surface area contributed by atoms with E-state index in [2.05, 4.69) is 11.9 Å². The number of hydrogen-bond acceptors (Lipinski definition) is 1. The zero-order valence-electron chi connectivity index (χ0n) is 7.29. The summed E-state index contributed by atoms with van der Waals surface area (Å²) in [4.78, 5) is 2.62. The Morgan fingerprint density at radius 2 is 2.09 bits per heavy atom. The van der Waals surface area contributed by atoms with Crippen LogP contribution in [-0.4, -0.2) is 24.5 Å². The molecule has 0 radical (unpaired) electrons. The van der Waals surface area contributed by atoms with Crippen LogP contribution in [0.2, 0.25) is 0 Å². The molecule has 1 heterocycles. The zero-order chi connectivity index (χ0) is 7.42. The van der Waals surface area contributed by atoms with Gasteiger partial charge >= 0.3 is 0 Å². The van der Waals surface area contributed by atoms with Crippen LogP contribution in [0.4, 0.5) is 0 Å². The molecule has 4 aliphatic rings. The highest BCUT2D eigenvalue weighted by Crippen LogP contribution is 2.50. The Morgan fingerprint density at radius 3 is 2.73 bits per heavy atom. The van der Waals surface area contributed by atoms with Crippen LogP contribution in [0.1, 0.15) is 25.7 Å². The van der Waals surface area contributed by atoms with Crippen molar-refractivity contribution >= 4 is 0 Å². The van der Waals surface area contributed by atoms with E-state index in [-0.39, 0.29) is 0 Å². The van der Waals surface area contributed by atoms with Gasteiger partial charge in [0.1, 0.15) is 0 Å². The SMILES string of the molecule is CN1CC2CC3CCC2C1C3. The maximum Gasteiger partial charge on any atom is 0.0126 e. The van der Waals surface area contributed by atoms with Crippen LogP contribution in [0, 0.1) is 17.8 Å². The van der Waals surface area contributed by atoms with Gasteiger partial charge in [0.15, 0.2) is 0 Å². The van der Waals surface area contributed by atoms with Crippen LogP contribution in [0.3, 0.4) is 0 Å². The third-order valence-corrected chi connectivity index (χ3v) is 4.31. The molecule has 0 N–H and O–H groups in total. The lowest BCUT2D eigenvalue weighted by Crippen LogP contribution is -2.39. The van der Waals surface area contributed by atoms with Crippen molar-refractivity contribution in [2.24, 2.45) is 17.8 Å². The molecule has 62 valence electrons. The molecule has 0 spiro atoms. The van der Waals surface area contributed by atoms with E-state index in [1.807, 2.05) is 0 Å². The summed E-state index contributed by atoms with van der Waals surface area (Å²) in [7, 11) is 2.32. The van der Waals surface area contributed by atoms with Crippen LogP contribution in [0.15, 0.2) is 0 Å². The van der Waals surface area contributed by atoms with Crippen LogP contribution in [0.25, 0.3) is 0 Å². The Bertz CT molecular complexity index is 174. The van der Waals surface area contributed by atoms with Gasteiger partial charge in [-0.05, 0) is 44.1 Å². The van der Waals surface area contributed by atoms with Gasteiger partial charge in [-0.3, -0.25) is 0 Å². The average molecular weight is 151 g/mol. The van der Waals surface area contributed by atoms with Crippen molar-refractivity contribution in [1.82, 2.24) is 4.90 Å². The molecule has 4 fully saturated rings. The Kier molecular flexibility index (Phi) is 1.18. The highest BCUT2D eigenvalue weighted by Gasteiger charge is 2.48. The first-order valence-electron chi connectivity index (χ1n) is 5.05. The molecule has 0 amide bonds. The van der Waals surface area contributed by atoms with E-state index in [0.717, 1.165) is 23.8 Å². The topological polar surface area (TPSA) is 3.24 Å². The van der Waals surface area contributed by atoms with Gasteiger partial charge in [0, 0.05) is 12.6 Å². The molecule has 4 rings (SSSR count). The number of likely N-dealkylation sites (tertiary alicyclic amines) is 1. The minimum Gasteiger partial charge on any atom is -0.303 e. The fraction of sp³-hybridized carbons (Fsp3) is 1.00. The van der Waals surface area contributed by atoms with E-state index in [4.69, 9.17) is 0 Å². The number of fused-ring (bicyclic) bond motifs is 1. The molecule has 4 bridgehead atoms. The second-order valence-corrected chi connectivity index (χ2v) is 4.85. The first-order chi connectivity index (χ1) is 5.34. The normalized spacial score (nSPS) is 55.4. The van der Waals surface area contributed by atoms with Gasteiger partial charge in [0.2, 0.25) is 0 Å². The minimum atomic E-state index is 0.993. The van der Waals surface area contributed by atoms with E-state index >= 15 is 0 Å². The summed E-state index contributed by atoms with van der Waals surface area (Å²) in [5, 5.41) is 0. The maximum atomic E-state index is 2.62. The summed E-state index contributed by atoms with van der Waals surface area (Å²) >= 11 is 0. The average Bonchev–Trinajstić information content (AvgIpc) is 2.25. The summed E-state index contributed by atoms with van der Waals surface area (Å²) in [6, 6.07) is 0.993. The molecular weight excluding hydrogens is 134 g/mol. The Hall–Kier alpha value is -0.0400. The van der Waals surface area contributed by atoms with Gasteiger partial charge in [-0.15, -0.1) is 0 Å². The molecular formula is C10H17N. The molecule has 0 aromatic carbocycles. The summed E-state index contributed by atoms with van der Waals surface area (Å²) in [6.45, 7) is 1.41. The Morgan fingerprint density at radius 1 is 1.18 bits per heavy atom. The summed E-state index contributed by atoms with van der Waals surface area (Å²) < 4.78 is 0. The fourth-order valence-corrected chi connectivity index (χ4v) is 3.84. The molecule has 0 aromatic heterocycles. The standard InChI is InChI=1S/C10H17N/c1-11-6-8-4-7-2-3-9(8)10(11)5-7/h7-10H,2-6H2,1H3. The van der Waals surface area contributed by atoms with Crippen LogP contribution < -0.4 is 0 Å². The first-order valence-corrected chi connectivity index (χ1v) is 5.05. The maximum absolute atomic E-state index is 2.62. The van der Waals surface area contributed by atoms with Gasteiger partial charge in [-0.2, -0.15) is 0 Å². The van der Waals surface area contributed by atoms with Crippen molar-refractivity contribution < 1.29 is 0 Å². The summed E-state index contributed by atoms with van der Waals surface area (Å²) in [5.74, 6) is 3.31. The van der Waals surface area contributed by atoms with Crippen molar-refractivity contribution in [1.29, 1.82) is 0 Å². The van der Waals surface area contributed by atoms with E-state index < -0.39 is 0 Å². The van der Waals surface area contributed by atoms with Gasteiger partial charge in [-0.1, -0.05) is 6.42 Å². The van der Waals surface area contributed by atoms with Crippen LogP contribution in [0.5, 0.6) is 0 Å². The molecule has 3 aliphatic carbocycles. The summed E-state index contributed by atoms with van der Waals surface area (Å²) in [5.41, 5.74) is 0. The third kappa shape index (κ3) is 0.752. The minimum absolute atomic E-state index is 0.993. The van der Waals surface area contributed by atoms with Crippen LogP contribution in [-0.2, 0) is 0 Å². The lowest BCUT2D eigenvalue weighted by atomic mass is 9.65. The largest absolute Gasteiger partial charge is 0.303 e. The highest BCUT2D eigenvalue weighted by molar-refractivity contribution is 5.01. The lowest BCUT2D eigenvalue weighted by Gasteiger charge is -2.42. The van der Waals surface area contributed by atoms with E-state index in [0.29, 0.717) is 0 Å².